The molecule has 0 aliphatic carbocycles. The van der Waals surface area contributed by atoms with Gasteiger partial charge in [0.25, 0.3) is 0 Å². The van der Waals surface area contributed by atoms with Crippen molar-refractivity contribution in [3.63, 3.8) is 0 Å². The summed E-state index contributed by atoms with van der Waals surface area (Å²) < 4.78 is 11.7. The van der Waals surface area contributed by atoms with Gasteiger partial charge in [-0.15, -0.1) is 0 Å². The second-order valence-corrected chi connectivity index (χ2v) is 6.05. The molecule has 2 atom stereocenters. The van der Waals surface area contributed by atoms with Crippen LogP contribution in [0.2, 0.25) is 0 Å². The molecule has 0 aromatic heterocycles. The summed E-state index contributed by atoms with van der Waals surface area (Å²) in [5, 5.41) is 2.78. The Kier molecular flexibility index (Phi) is 6.01. The zero-order valence-electron chi connectivity index (χ0n) is 10.8. The topological polar surface area (TPSA) is 72.2 Å². The first-order valence-corrected chi connectivity index (χ1v) is 7.41. The Hall–Kier alpha value is -1.20. The smallest absolute Gasteiger partial charge is 0.237 e. The average Bonchev–Trinajstić information content (AvgIpc) is 2.38. The van der Waals surface area contributed by atoms with Crippen molar-refractivity contribution in [2.75, 3.05) is 11.1 Å². The SMILES string of the molecule is CCC(C)S(=O)CC(=O)Nc1ccc(CN)cc1. The van der Waals surface area contributed by atoms with Gasteiger partial charge in [0, 0.05) is 28.3 Å². The Morgan fingerprint density at radius 1 is 1.39 bits per heavy atom. The minimum Gasteiger partial charge on any atom is -0.326 e. The number of amides is 1. The van der Waals surface area contributed by atoms with E-state index in [4.69, 9.17) is 5.73 Å². The Labute approximate surface area is 110 Å². The Balaban J connectivity index is 2.51. The fraction of sp³-hybridized carbons (Fsp3) is 0.462. The van der Waals surface area contributed by atoms with E-state index in [1.54, 1.807) is 12.1 Å². The normalized spacial score (nSPS) is 13.9. The lowest BCUT2D eigenvalue weighted by Gasteiger charge is -2.09. The molecule has 0 aliphatic rings. The fourth-order valence-corrected chi connectivity index (χ4v) is 2.37. The maximum atomic E-state index is 11.7. The summed E-state index contributed by atoms with van der Waals surface area (Å²) in [5.41, 5.74) is 7.21. The molecule has 0 spiro atoms. The Bertz CT molecular complexity index is 418. The second kappa shape index (κ2) is 7.28. The largest absolute Gasteiger partial charge is 0.326 e. The van der Waals surface area contributed by atoms with E-state index in [0.29, 0.717) is 12.2 Å². The molecule has 0 aliphatic heterocycles. The van der Waals surface area contributed by atoms with Gasteiger partial charge in [0.05, 0.1) is 0 Å². The number of carbonyl (C=O) groups excluding carboxylic acids is 1. The maximum Gasteiger partial charge on any atom is 0.237 e. The summed E-state index contributed by atoms with van der Waals surface area (Å²) in [6.45, 7) is 4.33. The Morgan fingerprint density at radius 2 is 2.00 bits per heavy atom. The van der Waals surface area contributed by atoms with Gasteiger partial charge in [0.1, 0.15) is 5.75 Å². The summed E-state index contributed by atoms with van der Waals surface area (Å²) in [7, 11) is -1.11. The summed E-state index contributed by atoms with van der Waals surface area (Å²) in [4.78, 5) is 11.7. The third-order valence-electron chi connectivity index (χ3n) is 2.77. The van der Waals surface area contributed by atoms with Gasteiger partial charge in [-0.05, 0) is 24.1 Å². The molecule has 1 aromatic carbocycles. The van der Waals surface area contributed by atoms with E-state index in [2.05, 4.69) is 5.32 Å². The highest BCUT2D eigenvalue weighted by Gasteiger charge is 2.13. The average molecular weight is 268 g/mol. The number of nitrogens with one attached hydrogen (secondary N) is 1. The van der Waals surface area contributed by atoms with Crippen molar-refractivity contribution >= 4 is 22.4 Å². The van der Waals surface area contributed by atoms with Crippen LogP contribution in [0.15, 0.2) is 24.3 Å². The van der Waals surface area contributed by atoms with E-state index < -0.39 is 10.8 Å². The zero-order chi connectivity index (χ0) is 13.5. The van der Waals surface area contributed by atoms with E-state index >= 15 is 0 Å². The number of hydrogen-bond acceptors (Lipinski definition) is 3. The summed E-state index contributed by atoms with van der Waals surface area (Å²) in [6, 6.07) is 7.32. The summed E-state index contributed by atoms with van der Waals surface area (Å²) in [6.07, 6.45) is 0.811. The number of anilines is 1. The van der Waals surface area contributed by atoms with Crippen LogP contribution in [0, 0.1) is 0 Å². The standard InChI is InChI=1S/C13H20N2O2S/c1-3-10(2)18(17)9-13(16)15-12-6-4-11(8-14)5-7-12/h4-7,10H,3,8-9,14H2,1-2H3,(H,15,16). The molecular formula is C13H20N2O2S. The predicted molar refractivity (Wildman–Crippen MR) is 75.7 cm³/mol. The number of rotatable bonds is 6. The van der Waals surface area contributed by atoms with Gasteiger partial charge in [-0.25, -0.2) is 0 Å². The summed E-state index contributed by atoms with van der Waals surface area (Å²) >= 11 is 0. The molecule has 0 fully saturated rings. The van der Waals surface area contributed by atoms with Gasteiger partial charge in [-0.2, -0.15) is 0 Å². The van der Waals surface area contributed by atoms with E-state index in [0.717, 1.165) is 12.0 Å². The molecule has 0 saturated carbocycles. The highest BCUT2D eigenvalue weighted by atomic mass is 32.2. The molecule has 0 bridgehead atoms. The van der Waals surface area contributed by atoms with E-state index in [9.17, 15) is 9.00 Å². The first-order chi connectivity index (χ1) is 8.56. The van der Waals surface area contributed by atoms with E-state index in [1.807, 2.05) is 26.0 Å². The van der Waals surface area contributed by atoms with Gasteiger partial charge in [-0.1, -0.05) is 26.0 Å². The molecule has 5 heteroatoms. The lowest BCUT2D eigenvalue weighted by atomic mass is 10.2. The van der Waals surface area contributed by atoms with Crippen LogP contribution in [0.3, 0.4) is 0 Å². The first-order valence-electron chi connectivity index (χ1n) is 6.02. The molecule has 1 rings (SSSR count). The second-order valence-electron chi connectivity index (χ2n) is 4.19. The predicted octanol–water partition coefficient (Wildman–Crippen LogP) is 1.63. The molecule has 1 aromatic rings. The van der Waals surface area contributed by atoms with Gasteiger partial charge in [0.2, 0.25) is 5.91 Å². The van der Waals surface area contributed by atoms with E-state index in [-0.39, 0.29) is 16.9 Å². The van der Waals surface area contributed by atoms with Gasteiger partial charge < -0.3 is 11.1 Å². The molecular weight excluding hydrogens is 248 g/mol. The van der Waals surface area contributed by atoms with Crippen LogP contribution in [-0.2, 0) is 22.1 Å². The summed E-state index contributed by atoms with van der Waals surface area (Å²) in [5.74, 6) is -0.165. The van der Waals surface area contributed by atoms with Crippen molar-refractivity contribution in [1.29, 1.82) is 0 Å². The minimum absolute atomic E-state index is 0.0493. The number of benzene rings is 1. The molecule has 0 saturated heterocycles. The lowest BCUT2D eigenvalue weighted by molar-refractivity contribution is -0.113. The molecule has 18 heavy (non-hydrogen) atoms. The van der Waals surface area contributed by atoms with Crippen molar-refractivity contribution in [2.24, 2.45) is 5.73 Å². The van der Waals surface area contributed by atoms with Gasteiger partial charge in [-0.3, -0.25) is 9.00 Å². The zero-order valence-corrected chi connectivity index (χ0v) is 11.6. The lowest BCUT2D eigenvalue weighted by Crippen LogP contribution is -2.24. The van der Waals surface area contributed by atoms with Crippen molar-refractivity contribution < 1.29 is 9.00 Å². The third-order valence-corrected chi connectivity index (χ3v) is 4.55. The van der Waals surface area contributed by atoms with Crippen molar-refractivity contribution in [2.45, 2.75) is 32.1 Å². The van der Waals surface area contributed by atoms with Crippen LogP contribution in [0.4, 0.5) is 5.69 Å². The van der Waals surface area contributed by atoms with Crippen LogP contribution >= 0.6 is 0 Å². The monoisotopic (exact) mass is 268 g/mol. The van der Waals surface area contributed by atoms with Gasteiger partial charge >= 0.3 is 0 Å². The molecule has 0 radical (unpaired) electrons. The fourth-order valence-electron chi connectivity index (χ4n) is 1.38. The van der Waals surface area contributed by atoms with Crippen molar-refractivity contribution in [3.05, 3.63) is 29.8 Å². The molecule has 4 nitrogen and oxygen atoms in total. The number of carbonyl (C=O) groups is 1. The number of hydrogen-bond donors (Lipinski definition) is 2. The van der Waals surface area contributed by atoms with Crippen LogP contribution in [0.25, 0.3) is 0 Å². The highest BCUT2D eigenvalue weighted by Crippen LogP contribution is 2.09. The highest BCUT2D eigenvalue weighted by molar-refractivity contribution is 7.86. The van der Waals surface area contributed by atoms with Crippen LogP contribution < -0.4 is 11.1 Å². The maximum absolute atomic E-state index is 11.7. The molecule has 1 amide bonds. The van der Waals surface area contributed by atoms with Crippen molar-refractivity contribution in [1.82, 2.24) is 0 Å². The Morgan fingerprint density at radius 3 is 2.50 bits per heavy atom. The van der Waals surface area contributed by atoms with Crippen LogP contribution in [0.1, 0.15) is 25.8 Å². The number of nitrogens with two attached hydrogens (primary N) is 1. The quantitative estimate of drug-likeness (QED) is 0.823. The van der Waals surface area contributed by atoms with Crippen LogP contribution in [-0.4, -0.2) is 21.1 Å². The molecule has 0 heterocycles. The molecule has 2 unspecified atom stereocenters. The van der Waals surface area contributed by atoms with E-state index in [1.165, 1.54) is 0 Å². The van der Waals surface area contributed by atoms with Crippen molar-refractivity contribution in [3.8, 4) is 0 Å². The molecule has 3 N–H and O–H groups in total. The van der Waals surface area contributed by atoms with Crippen LogP contribution in [0.5, 0.6) is 0 Å². The minimum atomic E-state index is -1.11. The first kappa shape index (κ1) is 14.9. The van der Waals surface area contributed by atoms with Gasteiger partial charge in [0.15, 0.2) is 0 Å². The third kappa shape index (κ3) is 4.58. The molecule has 100 valence electrons.